The highest BCUT2D eigenvalue weighted by atomic mass is 16.5. The zero-order valence-corrected chi connectivity index (χ0v) is 9.89. The van der Waals surface area contributed by atoms with Crippen molar-refractivity contribution in [2.24, 2.45) is 0 Å². The van der Waals surface area contributed by atoms with E-state index < -0.39 is 17.6 Å². The van der Waals surface area contributed by atoms with Gasteiger partial charge in [0, 0.05) is 13.0 Å². The van der Waals surface area contributed by atoms with Crippen LogP contribution in [0.2, 0.25) is 0 Å². The first-order valence-electron chi connectivity index (χ1n) is 5.53. The second-order valence-corrected chi connectivity index (χ2v) is 4.10. The Kier molecular flexibility index (Phi) is 2.38. The molecule has 0 aliphatic carbocycles. The monoisotopic (exact) mass is 260 g/mol. The van der Waals surface area contributed by atoms with Gasteiger partial charge in [-0.25, -0.2) is 4.79 Å². The highest BCUT2D eigenvalue weighted by molar-refractivity contribution is 5.93. The van der Waals surface area contributed by atoms with E-state index in [1.165, 1.54) is 19.1 Å². The van der Waals surface area contributed by atoms with Crippen LogP contribution in [-0.2, 0) is 16.0 Å². The highest BCUT2D eigenvalue weighted by Gasteiger charge is 2.27. The summed E-state index contributed by atoms with van der Waals surface area (Å²) in [5.74, 6) is -0.480. The van der Waals surface area contributed by atoms with Crippen LogP contribution < -0.4 is 15.1 Å². The molecular formula is C13H8O6. The van der Waals surface area contributed by atoms with Gasteiger partial charge in [0.1, 0.15) is 11.3 Å². The van der Waals surface area contributed by atoms with E-state index in [0.717, 1.165) is 0 Å². The summed E-state index contributed by atoms with van der Waals surface area (Å²) in [4.78, 5) is 33.8. The molecule has 2 aromatic rings. The van der Waals surface area contributed by atoms with Crippen molar-refractivity contribution in [1.29, 1.82) is 0 Å². The minimum Gasteiger partial charge on any atom is -0.427 e. The molecule has 0 atom stereocenters. The first-order chi connectivity index (χ1) is 9.04. The molecule has 0 radical (unpaired) electrons. The maximum Gasteiger partial charge on any atom is 0.343 e. The Balaban J connectivity index is 2.22. The van der Waals surface area contributed by atoms with Gasteiger partial charge in [0.25, 0.3) is 0 Å². The summed E-state index contributed by atoms with van der Waals surface area (Å²) < 4.78 is 15.0. The molecule has 96 valence electrons. The molecule has 6 heteroatoms. The van der Waals surface area contributed by atoms with Crippen LogP contribution in [0.1, 0.15) is 12.5 Å². The molecule has 3 rings (SSSR count). The molecule has 1 aliphatic rings. The fraction of sp³-hybridized carbons (Fsp3) is 0.154. The standard InChI is InChI=1S/C13H8O6/c1-6(14)17-7-2-3-8-10(4-7)18-13(16)9-5-11(15)19-12(8)9/h2-4H,5H2,1H3. The van der Waals surface area contributed by atoms with Gasteiger partial charge < -0.3 is 13.9 Å². The van der Waals surface area contributed by atoms with Crippen molar-refractivity contribution in [3.8, 4) is 11.5 Å². The maximum atomic E-state index is 11.7. The zero-order valence-electron chi connectivity index (χ0n) is 9.89. The third-order valence-electron chi connectivity index (χ3n) is 2.72. The van der Waals surface area contributed by atoms with E-state index in [2.05, 4.69) is 0 Å². The molecule has 0 saturated heterocycles. The van der Waals surface area contributed by atoms with Crippen LogP contribution in [0, 0.1) is 0 Å². The molecule has 0 spiro atoms. The smallest absolute Gasteiger partial charge is 0.343 e. The summed E-state index contributed by atoms with van der Waals surface area (Å²) in [7, 11) is 0. The lowest BCUT2D eigenvalue weighted by molar-refractivity contribution is -0.132. The minimum absolute atomic E-state index is 0.0840. The van der Waals surface area contributed by atoms with Gasteiger partial charge >= 0.3 is 17.6 Å². The van der Waals surface area contributed by atoms with Crippen LogP contribution in [-0.4, -0.2) is 11.9 Å². The van der Waals surface area contributed by atoms with E-state index in [1.54, 1.807) is 6.07 Å². The van der Waals surface area contributed by atoms with Crippen molar-refractivity contribution in [2.75, 3.05) is 0 Å². The van der Waals surface area contributed by atoms with Crippen LogP contribution in [0.25, 0.3) is 11.0 Å². The van der Waals surface area contributed by atoms with E-state index in [9.17, 15) is 14.4 Å². The molecule has 0 fully saturated rings. The van der Waals surface area contributed by atoms with Gasteiger partial charge in [-0.2, -0.15) is 0 Å². The van der Waals surface area contributed by atoms with E-state index in [0.29, 0.717) is 5.39 Å². The van der Waals surface area contributed by atoms with Crippen molar-refractivity contribution < 1.29 is 23.5 Å². The van der Waals surface area contributed by atoms with Gasteiger partial charge in [-0.15, -0.1) is 0 Å². The average molecular weight is 260 g/mol. The lowest BCUT2D eigenvalue weighted by Crippen LogP contribution is -2.06. The number of fused-ring (bicyclic) bond motifs is 3. The maximum absolute atomic E-state index is 11.7. The number of rotatable bonds is 1. The molecule has 19 heavy (non-hydrogen) atoms. The summed E-state index contributed by atoms with van der Waals surface area (Å²) >= 11 is 0. The second-order valence-electron chi connectivity index (χ2n) is 4.10. The molecule has 6 nitrogen and oxygen atoms in total. The number of ether oxygens (including phenoxy) is 2. The molecule has 0 unspecified atom stereocenters. The van der Waals surface area contributed by atoms with Crippen LogP contribution >= 0.6 is 0 Å². The number of esters is 2. The summed E-state index contributed by atoms with van der Waals surface area (Å²) in [5, 5.41) is 0.497. The lowest BCUT2D eigenvalue weighted by atomic mass is 10.1. The fourth-order valence-electron chi connectivity index (χ4n) is 1.98. The summed E-state index contributed by atoms with van der Waals surface area (Å²) in [6, 6.07) is 4.52. The van der Waals surface area contributed by atoms with Gasteiger partial charge in [0.15, 0.2) is 5.75 Å². The quantitative estimate of drug-likeness (QED) is 0.435. The van der Waals surface area contributed by atoms with Crippen LogP contribution in [0.5, 0.6) is 11.5 Å². The second kappa shape index (κ2) is 3.94. The van der Waals surface area contributed by atoms with Crippen molar-refractivity contribution in [1.82, 2.24) is 0 Å². The SMILES string of the molecule is CC(=O)Oc1ccc2c3c(c(=O)oc2c1)CC(=O)O3. The Morgan fingerprint density at radius 3 is 2.84 bits per heavy atom. The minimum atomic E-state index is -0.617. The lowest BCUT2D eigenvalue weighted by Gasteiger charge is -2.05. The first-order valence-corrected chi connectivity index (χ1v) is 5.53. The Morgan fingerprint density at radius 1 is 1.32 bits per heavy atom. The molecule has 0 saturated carbocycles. The summed E-state index contributed by atoms with van der Waals surface area (Å²) in [6.07, 6.45) is -0.0840. The number of benzene rings is 1. The van der Waals surface area contributed by atoms with Gasteiger partial charge in [-0.3, -0.25) is 9.59 Å². The third kappa shape index (κ3) is 1.87. The first kappa shape index (κ1) is 11.5. The number of hydrogen-bond acceptors (Lipinski definition) is 6. The molecule has 1 aromatic heterocycles. The van der Waals surface area contributed by atoms with E-state index in [4.69, 9.17) is 13.9 Å². The molecule has 0 amide bonds. The van der Waals surface area contributed by atoms with Crippen molar-refractivity contribution in [3.05, 3.63) is 34.2 Å². The molecule has 1 aliphatic heterocycles. The molecular weight excluding hydrogens is 252 g/mol. The third-order valence-corrected chi connectivity index (χ3v) is 2.72. The molecule has 0 N–H and O–H groups in total. The Hall–Kier alpha value is -2.63. The topological polar surface area (TPSA) is 82.8 Å². The van der Waals surface area contributed by atoms with E-state index >= 15 is 0 Å². The van der Waals surface area contributed by atoms with Gasteiger partial charge in [0.2, 0.25) is 0 Å². The number of carbonyl (C=O) groups excluding carboxylic acids is 2. The molecule has 0 bridgehead atoms. The van der Waals surface area contributed by atoms with E-state index in [1.807, 2.05) is 0 Å². The van der Waals surface area contributed by atoms with Gasteiger partial charge in [0.05, 0.1) is 17.4 Å². The van der Waals surface area contributed by atoms with Crippen molar-refractivity contribution >= 4 is 22.9 Å². The largest absolute Gasteiger partial charge is 0.427 e. The summed E-state index contributed by atoms with van der Waals surface area (Å²) in [5.41, 5.74) is -0.191. The fourth-order valence-corrected chi connectivity index (χ4v) is 1.98. The van der Waals surface area contributed by atoms with Gasteiger partial charge in [-0.1, -0.05) is 0 Å². The average Bonchev–Trinajstić information content (AvgIpc) is 2.70. The Labute approximate surface area is 106 Å². The predicted molar refractivity (Wildman–Crippen MR) is 63.1 cm³/mol. The molecule has 2 heterocycles. The Morgan fingerprint density at radius 2 is 2.11 bits per heavy atom. The zero-order chi connectivity index (χ0) is 13.6. The van der Waals surface area contributed by atoms with Crippen LogP contribution in [0.15, 0.2) is 27.4 Å². The van der Waals surface area contributed by atoms with Crippen LogP contribution in [0.3, 0.4) is 0 Å². The highest BCUT2D eigenvalue weighted by Crippen LogP contribution is 2.33. The number of carbonyl (C=O) groups is 2. The van der Waals surface area contributed by atoms with Crippen LogP contribution in [0.4, 0.5) is 0 Å². The molecule has 1 aromatic carbocycles. The van der Waals surface area contributed by atoms with Gasteiger partial charge in [-0.05, 0) is 12.1 Å². The van der Waals surface area contributed by atoms with Crippen molar-refractivity contribution in [2.45, 2.75) is 13.3 Å². The van der Waals surface area contributed by atoms with E-state index in [-0.39, 0.29) is 29.1 Å². The summed E-state index contributed by atoms with van der Waals surface area (Å²) in [6.45, 7) is 1.27. The normalized spacial score (nSPS) is 13.2. The number of hydrogen-bond donors (Lipinski definition) is 0. The Bertz CT molecular complexity index is 771. The van der Waals surface area contributed by atoms with Crippen molar-refractivity contribution in [3.63, 3.8) is 0 Å². The predicted octanol–water partition coefficient (Wildman–Crippen LogP) is 1.18.